The summed E-state index contributed by atoms with van der Waals surface area (Å²) in [6, 6.07) is 0. The van der Waals surface area contributed by atoms with Gasteiger partial charge >= 0.3 is 0 Å². The van der Waals surface area contributed by atoms with Crippen LogP contribution in [0.2, 0.25) is 0 Å². The van der Waals surface area contributed by atoms with E-state index in [0.29, 0.717) is 0 Å². The average Bonchev–Trinajstić information content (AvgIpc) is 1.81. The van der Waals surface area contributed by atoms with Crippen molar-refractivity contribution in [2.75, 3.05) is 0 Å². The van der Waals surface area contributed by atoms with Crippen LogP contribution >= 0.6 is 0 Å². The predicted molar refractivity (Wildman–Crippen MR) is 45.1 cm³/mol. The van der Waals surface area contributed by atoms with Crippen LogP contribution < -0.4 is 5.32 Å². The summed E-state index contributed by atoms with van der Waals surface area (Å²) in [4.78, 5) is 11.4. The molecule has 2 nitrogen and oxygen atoms in total. The molecule has 0 aliphatic carbocycles. The Bertz CT molecular complexity index is 214. The highest BCUT2D eigenvalue weighted by Crippen LogP contribution is 2.24. The molecule has 2 heteroatoms. The molecule has 1 heterocycles. The van der Waals surface area contributed by atoms with E-state index >= 15 is 0 Å². The Hall–Kier alpha value is -0.790. The van der Waals surface area contributed by atoms with Gasteiger partial charge in [0.2, 0.25) is 5.91 Å². The number of rotatable bonds is 0. The molecule has 1 N–H and O–H groups in total. The van der Waals surface area contributed by atoms with Gasteiger partial charge in [0.15, 0.2) is 0 Å². The second kappa shape index (κ2) is 2.10. The Kier molecular flexibility index (Phi) is 1.58. The minimum absolute atomic E-state index is 0.102. The number of nitrogens with one attached hydrogen (secondary N) is 1. The van der Waals surface area contributed by atoms with Crippen molar-refractivity contribution in [3.8, 4) is 0 Å². The Morgan fingerprint density at radius 2 is 1.73 bits per heavy atom. The van der Waals surface area contributed by atoms with Crippen LogP contribution in [-0.4, -0.2) is 11.4 Å². The standard InChI is InChI=1S/C9H15NO/c1-8(2)5-6-9(3,4)10-7(8)11/h5-6H,1-4H3,(H,10,11). The largest absolute Gasteiger partial charge is 0.347 e. The van der Waals surface area contributed by atoms with Gasteiger partial charge in [-0.3, -0.25) is 4.79 Å². The van der Waals surface area contributed by atoms with Crippen LogP contribution in [0.3, 0.4) is 0 Å². The van der Waals surface area contributed by atoms with Crippen molar-refractivity contribution >= 4 is 5.91 Å². The molecule has 1 amide bonds. The van der Waals surface area contributed by atoms with Crippen molar-refractivity contribution < 1.29 is 4.79 Å². The summed E-state index contributed by atoms with van der Waals surface area (Å²) in [5.74, 6) is 0.102. The molecule has 0 bridgehead atoms. The molecule has 0 saturated carbocycles. The van der Waals surface area contributed by atoms with Crippen molar-refractivity contribution in [1.29, 1.82) is 0 Å². The van der Waals surface area contributed by atoms with Crippen molar-refractivity contribution in [3.05, 3.63) is 12.2 Å². The first-order valence-corrected chi connectivity index (χ1v) is 3.86. The molecule has 0 aromatic rings. The lowest BCUT2D eigenvalue weighted by Crippen LogP contribution is -2.50. The van der Waals surface area contributed by atoms with Gasteiger partial charge in [-0.2, -0.15) is 0 Å². The predicted octanol–water partition coefficient (Wildman–Crippen LogP) is 1.48. The van der Waals surface area contributed by atoms with Crippen LogP contribution in [0.25, 0.3) is 0 Å². The van der Waals surface area contributed by atoms with Gasteiger partial charge < -0.3 is 5.32 Å². The maximum absolute atomic E-state index is 11.4. The van der Waals surface area contributed by atoms with E-state index in [-0.39, 0.29) is 16.9 Å². The van der Waals surface area contributed by atoms with Gasteiger partial charge in [0.05, 0.1) is 11.0 Å². The fraction of sp³-hybridized carbons (Fsp3) is 0.667. The van der Waals surface area contributed by atoms with E-state index in [0.717, 1.165) is 0 Å². The van der Waals surface area contributed by atoms with Gasteiger partial charge in [0, 0.05) is 0 Å². The highest BCUT2D eigenvalue weighted by Gasteiger charge is 2.33. The Morgan fingerprint density at radius 3 is 2.09 bits per heavy atom. The maximum Gasteiger partial charge on any atom is 0.230 e. The van der Waals surface area contributed by atoms with Crippen LogP contribution in [-0.2, 0) is 4.79 Å². The van der Waals surface area contributed by atoms with Gasteiger partial charge in [-0.25, -0.2) is 0 Å². The minimum atomic E-state index is -0.338. The zero-order chi connectivity index (χ0) is 8.70. The summed E-state index contributed by atoms with van der Waals surface area (Å²) in [5, 5.41) is 2.92. The molecular weight excluding hydrogens is 138 g/mol. The second-order valence-electron chi connectivity index (χ2n) is 4.23. The Morgan fingerprint density at radius 1 is 1.18 bits per heavy atom. The van der Waals surface area contributed by atoms with Gasteiger partial charge in [0.1, 0.15) is 0 Å². The molecular formula is C9H15NO. The van der Waals surface area contributed by atoms with Crippen LogP contribution in [0, 0.1) is 5.41 Å². The minimum Gasteiger partial charge on any atom is -0.347 e. The van der Waals surface area contributed by atoms with E-state index in [1.165, 1.54) is 0 Å². The zero-order valence-corrected chi connectivity index (χ0v) is 7.56. The van der Waals surface area contributed by atoms with E-state index in [4.69, 9.17) is 0 Å². The van der Waals surface area contributed by atoms with Gasteiger partial charge in [-0.1, -0.05) is 12.2 Å². The third-order valence-electron chi connectivity index (χ3n) is 1.94. The van der Waals surface area contributed by atoms with Gasteiger partial charge in [0.25, 0.3) is 0 Å². The summed E-state index contributed by atoms with van der Waals surface area (Å²) in [6.07, 6.45) is 4.00. The molecule has 0 saturated heterocycles. The molecule has 0 aromatic heterocycles. The molecule has 0 atom stereocenters. The smallest absolute Gasteiger partial charge is 0.230 e. The van der Waals surface area contributed by atoms with Gasteiger partial charge in [-0.15, -0.1) is 0 Å². The van der Waals surface area contributed by atoms with Crippen LogP contribution in [0.5, 0.6) is 0 Å². The first-order chi connectivity index (χ1) is 4.83. The number of carbonyl (C=O) groups is 1. The fourth-order valence-corrected chi connectivity index (χ4v) is 0.988. The number of carbonyl (C=O) groups excluding carboxylic acids is 1. The quantitative estimate of drug-likeness (QED) is 0.525. The molecule has 62 valence electrons. The molecule has 0 aromatic carbocycles. The van der Waals surface area contributed by atoms with Crippen molar-refractivity contribution in [3.63, 3.8) is 0 Å². The van der Waals surface area contributed by atoms with Crippen LogP contribution in [0.1, 0.15) is 27.7 Å². The first kappa shape index (κ1) is 8.31. The zero-order valence-electron chi connectivity index (χ0n) is 7.56. The van der Waals surface area contributed by atoms with E-state index in [1.54, 1.807) is 0 Å². The van der Waals surface area contributed by atoms with Crippen molar-refractivity contribution in [2.24, 2.45) is 5.41 Å². The summed E-state index contributed by atoms with van der Waals surface area (Å²) in [5.41, 5.74) is -0.512. The lowest BCUT2D eigenvalue weighted by molar-refractivity contribution is -0.129. The molecule has 0 spiro atoms. The molecule has 1 aliphatic rings. The van der Waals surface area contributed by atoms with Crippen molar-refractivity contribution in [2.45, 2.75) is 33.2 Å². The molecule has 11 heavy (non-hydrogen) atoms. The van der Waals surface area contributed by atoms with E-state index in [2.05, 4.69) is 5.32 Å². The second-order valence-corrected chi connectivity index (χ2v) is 4.23. The maximum atomic E-state index is 11.4. The first-order valence-electron chi connectivity index (χ1n) is 3.86. The number of amides is 1. The average molecular weight is 153 g/mol. The summed E-state index contributed by atoms with van der Waals surface area (Å²) >= 11 is 0. The molecule has 0 unspecified atom stereocenters. The van der Waals surface area contributed by atoms with Crippen molar-refractivity contribution in [1.82, 2.24) is 5.32 Å². The summed E-state index contributed by atoms with van der Waals surface area (Å²) in [6.45, 7) is 7.79. The SMILES string of the molecule is CC1(C)C=CC(C)(C)C(=O)N1. The lowest BCUT2D eigenvalue weighted by atomic mass is 9.84. The molecule has 0 fully saturated rings. The third-order valence-corrected chi connectivity index (χ3v) is 1.94. The van der Waals surface area contributed by atoms with E-state index in [9.17, 15) is 4.79 Å². The highest BCUT2D eigenvalue weighted by atomic mass is 16.2. The monoisotopic (exact) mass is 153 g/mol. The van der Waals surface area contributed by atoms with E-state index < -0.39 is 0 Å². The molecule has 0 radical (unpaired) electrons. The van der Waals surface area contributed by atoms with Gasteiger partial charge in [-0.05, 0) is 27.7 Å². The van der Waals surface area contributed by atoms with Crippen LogP contribution in [0.15, 0.2) is 12.2 Å². The molecule has 1 rings (SSSR count). The fourth-order valence-electron chi connectivity index (χ4n) is 0.988. The number of hydrogen-bond donors (Lipinski definition) is 1. The van der Waals surface area contributed by atoms with Crippen LogP contribution in [0.4, 0.5) is 0 Å². The highest BCUT2D eigenvalue weighted by molar-refractivity contribution is 5.85. The normalized spacial score (nSPS) is 26.4. The Balaban J connectivity index is 2.93. The molecule has 1 aliphatic heterocycles. The lowest BCUT2D eigenvalue weighted by Gasteiger charge is -2.33. The topological polar surface area (TPSA) is 29.1 Å². The third kappa shape index (κ3) is 1.62. The summed E-state index contributed by atoms with van der Waals surface area (Å²) < 4.78 is 0. The number of hydrogen-bond acceptors (Lipinski definition) is 1. The summed E-state index contributed by atoms with van der Waals surface area (Å²) in [7, 11) is 0. The Labute approximate surface area is 67.7 Å². The van der Waals surface area contributed by atoms with E-state index in [1.807, 2.05) is 39.8 Å².